The molecule has 2 N–H and O–H groups in total. The molecule has 190 valence electrons. The number of nitrogens with zero attached hydrogens (tertiary/aromatic N) is 4. The van der Waals surface area contributed by atoms with Gasteiger partial charge in [-0.2, -0.15) is 0 Å². The van der Waals surface area contributed by atoms with E-state index in [0.29, 0.717) is 18.1 Å². The van der Waals surface area contributed by atoms with Gasteiger partial charge in [0.1, 0.15) is 0 Å². The van der Waals surface area contributed by atoms with Gasteiger partial charge in [-0.3, -0.25) is 14.3 Å². The van der Waals surface area contributed by atoms with Gasteiger partial charge in [-0.15, -0.1) is 11.3 Å². The van der Waals surface area contributed by atoms with E-state index in [1.54, 1.807) is 17.5 Å². The number of amides is 1. The number of rotatable bonds is 7. The highest BCUT2D eigenvalue weighted by Crippen LogP contribution is 2.41. The fourth-order valence-electron chi connectivity index (χ4n) is 5.00. The Morgan fingerprint density at radius 2 is 1.95 bits per heavy atom. The number of thiazole rings is 1. The van der Waals surface area contributed by atoms with Gasteiger partial charge in [0.15, 0.2) is 10.2 Å². The number of hydrogen-bond donors (Lipinski definition) is 2. The molecular weight excluding hydrogens is 500 g/mol. The average molecular weight is 531 g/mol. The summed E-state index contributed by atoms with van der Waals surface area (Å²) in [4.78, 5) is 24.3. The maximum Gasteiger partial charge on any atom is 0.226 e. The number of carbonyl (C=O) groups excluding carboxylic acids is 1. The molecule has 1 aromatic carbocycles. The molecule has 1 aliphatic rings. The molecule has 3 aromatic heterocycles. The Balaban J connectivity index is 1.45. The Hall–Kier alpha value is -3.56. The van der Waals surface area contributed by atoms with Crippen LogP contribution in [0.25, 0.3) is 5.13 Å². The van der Waals surface area contributed by atoms with E-state index in [4.69, 9.17) is 12.2 Å². The van der Waals surface area contributed by atoms with Crippen molar-refractivity contribution in [1.29, 1.82) is 0 Å². The third-order valence-electron chi connectivity index (χ3n) is 6.84. The molecule has 0 radical (unpaired) electrons. The van der Waals surface area contributed by atoms with Crippen LogP contribution in [-0.4, -0.2) is 37.0 Å². The predicted octanol–water partition coefficient (Wildman–Crippen LogP) is 5.56. The van der Waals surface area contributed by atoms with Crippen LogP contribution in [0.1, 0.15) is 52.3 Å². The molecule has 5 rings (SSSR count). The molecule has 37 heavy (non-hydrogen) atoms. The lowest BCUT2D eigenvalue weighted by Crippen LogP contribution is -2.33. The van der Waals surface area contributed by atoms with Gasteiger partial charge in [-0.05, 0) is 80.9 Å². The molecule has 1 saturated heterocycles. The molecule has 1 aliphatic heterocycles. The van der Waals surface area contributed by atoms with Crippen LogP contribution in [0.3, 0.4) is 0 Å². The van der Waals surface area contributed by atoms with Crippen LogP contribution in [0.4, 0.5) is 5.69 Å². The van der Waals surface area contributed by atoms with Gasteiger partial charge in [0.2, 0.25) is 5.91 Å². The van der Waals surface area contributed by atoms with E-state index in [9.17, 15) is 4.79 Å². The maximum absolute atomic E-state index is 13.0. The number of anilines is 1. The van der Waals surface area contributed by atoms with E-state index in [-0.39, 0.29) is 18.0 Å². The highest BCUT2D eigenvalue weighted by atomic mass is 32.1. The van der Waals surface area contributed by atoms with Crippen LogP contribution in [0.15, 0.2) is 60.2 Å². The van der Waals surface area contributed by atoms with Gasteiger partial charge in [0, 0.05) is 47.8 Å². The number of nitrogens with one attached hydrogen (secondary N) is 2. The summed E-state index contributed by atoms with van der Waals surface area (Å²) in [6, 6.07) is 13.9. The van der Waals surface area contributed by atoms with Gasteiger partial charge in [0.25, 0.3) is 0 Å². The van der Waals surface area contributed by atoms with Crippen LogP contribution in [0.2, 0.25) is 0 Å². The molecule has 9 heteroatoms. The van der Waals surface area contributed by atoms with Crippen molar-refractivity contribution in [3.63, 3.8) is 0 Å². The molecule has 0 unspecified atom stereocenters. The highest BCUT2D eigenvalue weighted by molar-refractivity contribution is 7.80. The summed E-state index contributed by atoms with van der Waals surface area (Å²) in [7, 11) is 0. The lowest BCUT2D eigenvalue weighted by molar-refractivity contribution is -0.116. The summed E-state index contributed by atoms with van der Waals surface area (Å²) in [5, 5.41) is 10.1. The van der Waals surface area contributed by atoms with E-state index in [2.05, 4.69) is 50.0 Å². The zero-order valence-electron chi connectivity index (χ0n) is 21.4. The summed E-state index contributed by atoms with van der Waals surface area (Å²) in [6.45, 7) is 8.72. The molecule has 4 heterocycles. The maximum atomic E-state index is 13.0. The Morgan fingerprint density at radius 1 is 1.11 bits per heavy atom. The SMILES string of the molecule is Cc1ccc(C)c(NC(=O)CCN2C(=S)N[C@H](c3ccccn3)[C@@H]2c2cc(C)n(-c3nccs3)c2C)c1. The molecule has 1 fully saturated rings. The molecule has 0 bridgehead atoms. The van der Waals surface area contributed by atoms with Gasteiger partial charge in [-0.1, -0.05) is 18.2 Å². The predicted molar refractivity (Wildman–Crippen MR) is 152 cm³/mol. The second-order valence-corrected chi connectivity index (χ2v) is 10.7. The fourth-order valence-corrected chi connectivity index (χ4v) is 6.08. The van der Waals surface area contributed by atoms with Gasteiger partial charge < -0.3 is 15.5 Å². The average Bonchev–Trinajstić information content (AvgIpc) is 3.58. The highest BCUT2D eigenvalue weighted by Gasteiger charge is 2.41. The van der Waals surface area contributed by atoms with Crippen molar-refractivity contribution >= 4 is 40.3 Å². The monoisotopic (exact) mass is 530 g/mol. The van der Waals surface area contributed by atoms with Crippen LogP contribution in [0, 0.1) is 27.7 Å². The number of thiocarbonyl (C=S) groups is 1. The standard InChI is InChI=1S/C28H30N6OS2/c1-17-8-9-18(2)23(15-17)31-24(35)10-13-33-26(25(32-27(33)36)22-7-5-6-11-29-22)21-16-19(3)34(20(21)4)28-30-12-14-37-28/h5-9,11-12,14-16,25-26H,10,13H2,1-4H3,(H,31,35)(H,32,36)/t25-,26+/m1/s1. The lowest BCUT2D eigenvalue weighted by atomic mass is 9.96. The second kappa shape index (κ2) is 10.4. The molecule has 2 atom stereocenters. The van der Waals surface area contributed by atoms with Crippen molar-refractivity contribution in [3.05, 3.63) is 94.0 Å². The fraction of sp³-hybridized carbons (Fsp3) is 0.286. The Labute approximate surface area is 226 Å². The summed E-state index contributed by atoms with van der Waals surface area (Å²) in [5.74, 6) is -0.0372. The Kier molecular flexibility index (Phi) is 7.08. The lowest BCUT2D eigenvalue weighted by Gasteiger charge is -2.28. The van der Waals surface area contributed by atoms with Gasteiger partial charge in [-0.25, -0.2) is 4.98 Å². The van der Waals surface area contributed by atoms with Crippen LogP contribution in [-0.2, 0) is 4.79 Å². The summed E-state index contributed by atoms with van der Waals surface area (Å²) in [6.07, 6.45) is 3.93. The zero-order chi connectivity index (χ0) is 26.1. The summed E-state index contributed by atoms with van der Waals surface area (Å²) >= 11 is 7.42. The van der Waals surface area contributed by atoms with E-state index < -0.39 is 0 Å². The molecule has 0 saturated carbocycles. The van der Waals surface area contributed by atoms with Crippen molar-refractivity contribution in [2.24, 2.45) is 0 Å². The number of aryl methyl sites for hydroxylation is 3. The summed E-state index contributed by atoms with van der Waals surface area (Å²) < 4.78 is 2.18. The minimum absolute atomic E-state index is 0.0372. The van der Waals surface area contributed by atoms with E-state index in [0.717, 1.165) is 44.6 Å². The first-order chi connectivity index (χ1) is 17.8. The van der Waals surface area contributed by atoms with E-state index >= 15 is 0 Å². The van der Waals surface area contributed by atoms with Gasteiger partial charge in [0.05, 0.1) is 17.8 Å². The number of pyridine rings is 1. The Bertz CT molecular complexity index is 1430. The number of aromatic nitrogens is 3. The van der Waals surface area contributed by atoms with Crippen LogP contribution < -0.4 is 10.6 Å². The third-order valence-corrected chi connectivity index (χ3v) is 7.95. The zero-order valence-corrected chi connectivity index (χ0v) is 23.0. The smallest absolute Gasteiger partial charge is 0.226 e. The minimum Gasteiger partial charge on any atom is -0.352 e. The van der Waals surface area contributed by atoms with Gasteiger partial charge >= 0.3 is 0 Å². The van der Waals surface area contributed by atoms with Crippen molar-refractivity contribution < 1.29 is 4.79 Å². The largest absolute Gasteiger partial charge is 0.352 e. The third kappa shape index (κ3) is 5.01. The number of hydrogen-bond acceptors (Lipinski definition) is 5. The quantitative estimate of drug-likeness (QED) is 0.305. The molecule has 1 amide bonds. The topological polar surface area (TPSA) is 75.1 Å². The molecule has 0 aliphatic carbocycles. The molecule has 7 nitrogen and oxygen atoms in total. The van der Waals surface area contributed by atoms with E-state index in [1.165, 1.54) is 0 Å². The normalized spacial score (nSPS) is 17.2. The Morgan fingerprint density at radius 3 is 2.68 bits per heavy atom. The number of benzene rings is 1. The van der Waals surface area contributed by atoms with Crippen molar-refractivity contribution in [2.45, 2.75) is 46.2 Å². The molecule has 4 aromatic rings. The van der Waals surface area contributed by atoms with E-state index in [1.807, 2.05) is 61.8 Å². The van der Waals surface area contributed by atoms with Crippen LogP contribution >= 0.6 is 23.6 Å². The van der Waals surface area contributed by atoms with Crippen LogP contribution in [0.5, 0.6) is 0 Å². The summed E-state index contributed by atoms with van der Waals surface area (Å²) in [5.41, 5.74) is 7.27. The second-order valence-electron chi connectivity index (χ2n) is 9.41. The number of carbonyl (C=O) groups is 1. The molecule has 0 spiro atoms. The van der Waals surface area contributed by atoms with Crippen molar-refractivity contribution in [3.8, 4) is 5.13 Å². The first-order valence-electron chi connectivity index (χ1n) is 12.3. The van der Waals surface area contributed by atoms with Crippen molar-refractivity contribution in [2.75, 3.05) is 11.9 Å². The molecular formula is C28H30N6OS2. The first kappa shape index (κ1) is 25.1. The van der Waals surface area contributed by atoms with Crippen molar-refractivity contribution in [1.82, 2.24) is 24.8 Å². The first-order valence-corrected chi connectivity index (χ1v) is 13.6. The minimum atomic E-state index is -0.138.